The maximum Gasteiger partial charge on any atom is 0.348 e. The van der Waals surface area contributed by atoms with Crippen molar-refractivity contribution >= 4 is 17.3 Å². The second-order valence-electron chi connectivity index (χ2n) is 4.81. The summed E-state index contributed by atoms with van der Waals surface area (Å²) in [4.78, 5) is 13.3. The monoisotopic (exact) mass is 256 g/mol. The molecule has 4 heteroatoms. The van der Waals surface area contributed by atoms with Crippen LogP contribution in [0.1, 0.15) is 41.7 Å². The van der Waals surface area contributed by atoms with Gasteiger partial charge in [0.15, 0.2) is 0 Å². The van der Waals surface area contributed by atoms with E-state index >= 15 is 0 Å². The Hall–Kier alpha value is -0.870. The molecule has 0 bridgehead atoms. The third-order valence-electron chi connectivity index (χ3n) is 2.61. The smallest absolute Gasteiger partial charge is 0.348 e. The Labute approximate surface area is 106 Å². The Morgan fingerprint density at radius 2 is 2.18 bits per heavy atom. The van der Waals surface area contributed by atoms with Gasteiger partial charge < -0.3 is 9.84 Å². The van der Waals surface area contributed by atoms with Crippen molar-refractivity contribution in [2.45, 2.75) is 33.6 Å². The number of hydrogen-bond acceptors (Lipinski definition) is 4. The molecular formula is C13H20O3S. The number of aliphatic hydroxyl groups is 1. The van der Waals surface area contributed by atoms with E-state index in [1.54, 1.807) is 6.92 Å². The first kappa shape index (κ1) is 14.2. The molecule has 0 saturated heterocycles. The van der Waals surface area contributed by atoms with Crippen LogP contribution in [0.3, 0.4) is 0 Å². The molecule has 0 spiro atoms. The maximum atomic E-state index is 11.5. The quantitative estimate of drug-likeness (QED) is 0.796. The molecule has 0 unspecified atom stereocenters. The van der Waals surface area contributed by atoms with Crippen LogP contribution in [0.4, 0.5) is 0 Å². The minimum Gasteiger partial charge on any atom is -0.462 e. The summed E-state index contributed by atoms with van der Waals surface area (Å²) in [5, 5.41) is 9.16. The molecule has 0 radical (unpaired) electrons. The van der Waals surface area contributed by atoms with Crippen molar-refractivity contribution in [2.24, 2.45) is 5.41 Å². The highest BCUT2D eigenvalue weighted by Crippen LogP contribution is 2.25. The summed E-state index contributed by atoms with van der Waals surface area (Å²) in [5.74, 6) is -0.245. The highest BCUT2D eigenvalue weighted by atomic mass is 32.1. The average molecular weight is 256 g/mol. The molecule has 0 saturated carbocycles. The molecule has 1 aromatic rings. The molecule has 0 aromatic carbocycles. The molecule has 96 valence electrons. The fourth-order valence-corrected chi connectivity index (χ4v) is 2.27. The lowest BCUT2D eigenvalue weighted by atomic mass is 9.89. The molecule has 0 fully saturated rings. The van der Waals surface area contributed by atoms with Crippen LogP contribution < -0.4 is 0 Å². The second-order valence-corrected chi connectivity index (χ2v) is 5.98. The largest absolute Gasteiger partial charge is 0.462 e. The third kappa shape index (κ3) is 4.48. The van der Waals surface area contributed by atoms with E-state index in [9.17, 15) is 4.79 Å². The second kappa shape index (κ2) is 6.17. The third-order valence-corrected chi connectivity index (χ3v) is 3.74. The zero-order chi connectivity index (χ0) is 12.9. The minimum absolute atomic E-state index is 0.0614. The Kier molecular flexibility index (Phi) is 5.15. The molecule has 1 aromatic heterocycles. The van der Waals surface area contributed by atoms with E-state index in [0.717, 1.165) is 17.7 Å². The Bertz CT molecular complexity index is 368. The van der Waals surface area contributed by atoms with Gasteiger partial charge in [0.1, 0.15) is 4.88 Å². The zero-order valence-corrected chi connectivity index (χ0v) is 11.5. The van der Waals surface area contributed by atoms with Gasteiger partial charge in [-0.25, -0.2) is 4.79 Å². The van der Waals surface area contributed by atoms with Crippen molar-refractivity contribution in [1.82, 2.24) is 0 Å². The molecule has 17 heavy (non-hydrogen) atoms. The van der Waals surface area contributed by atoms with Gasteiger partial charge in [0.05, 0.1) is 6.61 Å². The van der Waals surface area contributed by atoms with Gasteiger partial charge in [0, 0.05) is 11.5 Å². The lowest BCUT2D eigenvalue weighted by Gasteiger charge is -2.20. The van der Waals surface area contributed by atoms with Crippen LogP contribution >= 0.6 is 11.3 Å². The normalized spacial score (nSPS) is 11.5. The number of esters is 1. The molecule has 1 heterocycles. The minimum atomic E-state index is -0.245. The highest BCUT2D eigenvalue weighted by molar-refractivity contribution is 7.13. The van der Waals surface area contributed by atoms with Crippen LogP contribution in [0.2, 0.25) is 0 Å². The molecule has 0 aliphatic heterocycles. The number of carbonyl (C=O) groups excluding carboxylic acids is 1. The number of carbonyl (C=O) groups is 1. The molecule has 0 amide bonds. The number of thiophene rings is 1. The van der Waals surface area contributed by atoms with E-state index in [-0.39, 0.29) is 18.0 Å². The van der Waals surface area contributed by atoms with Gasteiger partial charge in [-0.15, -0.1) is 11.3 Å². The van der Waals surface area contributed by atoms with Gasteiger partial charge in [0.2, 0.25) is 0 Å². The lowest BCUT2D eigenvalue weighted by molar-refractivity contribution is 0.0532. The Balaban J connectivity index is 2.54. The first-order valence-electron chi connectivity index (χ1n) is 5.85. The van der Waals surface area contributed by atoms with Gasteiger partial charge >= 0.3 is 5.97 Å². The van der Waals surface area contributed by atoms with Crippen LogP contribution in [0.15, 0.2) is 12.1 Å². The Morgan fingerprint density at radius 1 is 1.47 bits per heavy atom. The van der Waals surface area contributed by atoms with Crippen molar-refractivity contribution in [3.05, 3.63) is 21.9 Å². The van der Waals surface area contributed by atoms with E-state index in [2.05, 4.69) is 0 Å². The van der Waals surface area contributed by atoms with E-state index in [1.807, 2.05) is 26.0 Å². The van der Waals surface area contributed by atoms with Gasteiger partial charge in [-0.1, -0.05) is 13.8 Å². The summed E-state index contributed by atoms with van der Waals surface area (Å²) >= 11 is 1.48. The highest BCUT2D eigenvalue weighted by Gasteiger charge is 2.17. The molecule has 0 aliphatic rings. The lowest BCUT2D eigenvalue weighted by Crippen LogP contribution is -2.17. The van der Waals surface area contributed by atoms with Gasteiger partial charge in [-0.3, -0.25) is 0 Å². The predicted octanol–water partition coefficient (Wildman–Crippen LogP) is 2.88. The summed E-state index contributed by atoms with van der Waals surface area (Å²) in [7, 11) is 0. The summed E-state index contributed by atoms with van der Waals surface area (Å²) in [6.07, 6.45) is 1.80. The first-order chi connectivity index (χ1) is 7.98. The van der Waals surface area contributed by atoms with E-state index in [1.165, 1.54) is 11.3 Å². The van der Waals surface area contributed by atoms with Gasteiger partial charge in [0.25, 0.3) is 0 Å². The molecule has 0 aliphatic carbocycles. The molecule has 3 nitrogen and oxygen atoms in total. The van der Waals surface area contributed by atoms with Gasteiger partial charge in [-0.05, 0) is 37.3 Å². The van der Waals surface area contributed by atoms with Crippen LogP contribution in [0.5, 0.6) is 0 Å². The van der Waals surface area contributed by atoms with Crippen LogP contribution in [0, 0.1) is 5.41 Å². The summed E-state index contributed by atoms with van der Waals surface area (Å²) in [6, 6.07) is 3.77. The molecule has 0 atom stereocenters. The number of ether oxygens (including phenoxy) is 1. The topological polar surface area (TPSA) is 46.5 Å². The van der Waals surface area contributed by atoms with Gasteiger partial charge in [-0.2, -0.15) is 0 Å². The molecule has 1 rings (SSSR count). The molecule has 1 N–H and O–H groups in total. The number of hydrogen-bond donors (Lipinski definition) is 1. The molecular weight excluding hydrogens is 236 g/mol. The van der Waals surface area contributed by atoms with E-state index < -0.39 is 0 Å². The summed E-state index contributed by atoms with van der Waals surface area (Å²) in [5.41, 5.74) is -0.0614. The number of aliphatic hydroxyl groups excluding tert-OH is 1. The predicted molar refractivity (Wildman–Crippen MR) is 69.5 cm³/mol. The van der Waals surface area contributed by atoms with Crippen molar-refractivity contribution in [3.63, 3.8) is 0 Å². The van der Waals surface area contributed by atoms with E-state index in [4.69, 9.17) is 9.84 Å². The fraction of sp³-hybridized carbons (Fsp3) is 0.615. The van der Waals surface area contributed by atoms with Crippen LogP contribution in [-0.4, -0.2) is 24.3 Å². The average Bonchev–Trinajstić information content (AvgIpc) is 2.76. The first-order valence-corrected chi connectivity index (χ1v) is 6.67. The van der Waals surface area contributed by atoms with E-state index in [0.29, 0.717) is 11.5 Å². The summed E-state index contributed by atoms with van der Waals surface area (Å²) in [6.45, 7) is 6.46. The fourth-order valence-electron chi connectivity index (χ4n) is 1.36. The van der Waals surface area contributed by atoms with Crippen molar-refractivity contribution in [3.8, 4) is 0 Å². The maximum absolute atomic E-state index is 11.5. The standard InChI is InChI=1S/C13H20O3S/c1-4-16-12(15)11-6-5-10(17-11)7-8-13(2,3)9-14/h5-6,14H,4,7-9H2,1-3H3. The van der Waals surface area contributed by atoms with Crippen LogP contribution in [0.25, 0.3) is 0 Å². The SMILES string of the molecule is CCOC(=O)c1ccc(CCC(C)(C)CO)s1. The van der Waals surface area contributed by atoms with Crippen molar-refractivity contribution < 1.29 is 14.6 Å². The van der Waals surface area contributed by atoms with Crippen molar-refractivity contribution in [2.75, 3.05) is 13.2 Å². The summed E-state index contributed by atoms with van der Waals surface area (Å²) < 4.78 is 4.94. The zero-order valence-electron chi connectivity index (χ0n) is 10.7. The number of rotatable bonds is 6. The number of aryl methyl sites for hydroxylation is 1. The Morgan fingerprint density at radius 3 is 2.76 bits per heavy atom. The van der Waals surface area contributed by atoms with Crippen molar-refractivity contribution in [1.29, 1.82) is 0 Å². The van der Waals surface area contributed by atoms with Crippen LogP contribution in [-0.2, 0) is 11.2 Å².